The highest BCUT2D eigenvalue weighted by atomic mass is 16.5. The Labute approximate surface area is 218 Å². The normalized spacial score (nSPS) is 27.5. The first-order chi connectivity index (χ1) is 17.9. The van der Waals surface area contributed by atoms with E-state index in [1.54, 1.807) is 13.3 Å². The number of piperazine rings is 1. The van der Waals surface area contributed by atoms with Gasteiger partial charge in [-0.25, -0.2) is 15.0 Å². The van der Waals surface area contributed by atoms with Crippen LogP contribution in [0.2, 0.25) is 0 Å². The summed E-state index contributed by atoms with van der Waals surface area (Å²) < 4.78 is 11.6. The van der Waals surface area contributed by atoms with Crippen molar-refractivity contribution in [3.05, 3.63) is 18.0 Å². The first-order valence-corrected chi connectivity index (χ1v) is 13.6. The van der Waals surface area contributed by atoms with Crippen molar-refractivity contribution < 1.29 is 19.4 Å². The molecular formula is C27H40N6O4. The van der Waals surface area contributed by atoms with Crippen molar-refractivity contribution in [1.82, 2.24) is 24.8 Å². The van der Waals surface area contributed by atoms with Crippen LogP contribution >= 0.6 is 0 Å². The smallest absolute Gasteiger partial charge is 0.226 e. The van der Waals surface area contributed by atoms with Crippen molar-refractivity contribution >= 4 is 22.8 Å². The predicted molar refractivity (Wildman–Crippen MR) is 141 cm³/mol. The minimum Gasteiger partial charge on any atom is -0.474 e. The van der Waals surface area contributed by atoms with Crippen molar-refractivity contribution in [1.29, 1.82) is 0 Å². The summed E-state index contributed by atoms with van der Waals surface area (Å²) in [7, 11) is 3.77. The molecule has 0 unspecified atom stereocenters. The molecule has 5 rings (SSSR count). The highest BCUT2D eigenvalue weighted by Gasteiger charge is 2.39. The minimum atomic E-state index is -0.222. The number of nitrogens with zero attached hydrogens (tertiary/aromatic N) is 5. The van der Waals surface area contributed by atoms with Crippen LogP contribution in [0.5, 0.6) is 5.88 Å². The number of methoxy groups -OCH3 is 1. The van der Waals surface area contributed by atoms with Gasteiger partial charge in [-0.1, -0.05) is 0 Å². The van der Waals surface area contributed by atoms with Gasteiger partial charge < -0.3 is 29.7 Å². The molecular weight excluding hydrogens is 472 g/mol. The first kappa shape index (κ1) is 26.1. The zero-order chi connectivity index (χ0) is 25.9. The molecule has 0 aromatic carbocycles. The summed E-state index contributed by atoms with van der Waals surface area (Å²) in [6.45, 7) is 6.05. The summed E-state index contributed by atoms with van der Waals surface area (Å²) in [6, 6.07) is 0.0676. The molecule has 1 atom stereocenters. The molecule has 2 aromatic rings. The van der Waals surface area contributed by atoms with Crippen molar-refractivity contribution in [2.75, 3.05) is 52.3 Å². The Morgan fingerprint density at radius 3 is 2.57 bits per heavy atom. The SMILES string of the molecule is COC[C@H](C)Nc1ncc2c(O[C@H]3C[C@H](C(=O)N4CCN(C)CC4)C3)ncc([C@H]3CC[C@H](O)CC3)c2n1. The topological polar surface area (TPSA) is 113 Å². The molecule has 0 radical (unpaired) electrons. The highest BCUT2D eigenvalue weighted by molar-refractivity contribution is 5.87. The molecule has 202 valence electrons. The Kier molecular flexibility index (Phi) is 8.07. The van der Waals surface area contributed by atoms with Crippen LogP contribution in [0.3, 0.4) is 0 Å². The van der Waals surface area contributed by atoms with Crippen molar-refractivity contribution in [3.63, 3.8) is 0 Å². The lowest BCUT2D eigenvalue weighted by Crippen LogP contribution is -2.52. The van der Waals surface area contributed by atoms with Gasteiger partial charge in [0.25, 0.3) is 0 Å². The summed E-state index contributed by atoms with van der Waals surface area (Å²) in [5, 5.41) is 14.1. The number of nitrogens with one attached hydrogen (secondary N) is 1. The quantitative estimate of drug-likeness (QED) is 0.551. The van der Waals surface area contributed by atoms with E-state index in [4.69, 9.17) is 19.4 Å². The summed E-state index contributed by atoms with van der Waals surface area (Å²) in [6.07, 6.45) is 8.24. The van der Waals surface area contributed by atoms with Crippen LogP contribution in [0.15, 0.2) is 12.4 Å². The number of carbonyl (C=O) groups excluding carboxylic acids is 1. The molecule has 10 heteroatoms. The summed E-state index contributed by atoms with van der Waals surface area (Å²) >= 11 is 0. The lowest BCUT2D eigenvalue weighted by atomic mass is 9.81. The van der Waals surface area contributed by atoms with Gasteiger partial charge in [-0.15, -0.1) is 0 Å². The number of aliphatic hydroxyl groups excluding tert-OH is 1. The Balaban J connectivity index is 1.31. The first-order valence-electron chi connectivity index (χ1n) is 13.6. The Hall–Kier alpha value is -2.56. The molecule has 2 aliphatic carbocycles. The number of amides is 1. The summed E-state index contributed by atoms with van der Waals surface area (Å²) in [5.41, 5.74) is 1.92. The monoisotopic (exact) mass is 512 g/mol. The second kappa shape index (κ2) is 11.4. The third-order valence-electron chi connectivity index (χ3n) is 8.08. The number of fused-ring (bicyclic) bond motifs is 1. The molecule has 1 saturated heterocycles. The molecule has 3 fully saturated rings. The number of anilines is 1. The van der Waals surface area contributed by atoms with E-state index in [2.05, 4.69) is 22.2 Å². The number of aliphatic hydroxyl groups is 1. The van der Waals surface area contributed by atoms with Crippen LogP contribution in [0.1, 0.15) is 56.9 Å². The van der Waals surface area contributed by atoms with Gasteiger partial charge in [-0.05, 0) is 58.4 Å². The largest absolute Gasteiger partial charge is 0.474 e. The number of carbonyl (C=O) groups is 1. The zero-order valence-corrected chi connectivity index (χ0v) is 22.2. The summed E-state index contributed by atoms with van der Waals surface area (Å²) in [4.78, 5) is 31.3. The van der Waals surface area contributed by atoms with Crippen LogP contribution in [0.25, 0.3) is 10.9 Å². The van der Waals surface area contributed by atoms with E-state index >= 15 is 0 Å². The van der Waals surface area contributed by atoms with Gasteiger partial charge in [0.05, 0.1) is 23.6 Å². The van der Waals surface area contributed by atoms with Crippen LogP contribution in [-0.2, 0) is 9.53 Å². The number of rotatable bonds is 8. The summed E-state index contributed by atoms with van der Waals surface area (Å²) in [5.74, 6) is 1.65. The van der Waals surface area contributed by atoms with Gasteiger partial charge in [0.15, 0.2) is 0 Å². The van der Waals surface area contributed by atoms with E-state index < -0.39 is 0 Å². The average molecular weight is 513 g/mol. The van der Waals surface area contributed by atoms with Gasteiger partial charge in [-0.2, -0.15) is 0 Å². The second-order valence-corrected chi connectivity index (χ2v) is 11.0. The predicted octanol–water partition coefficient (Wildman–Crippen LogP) is 2.42. The zero-order valence-electron chi connectivity index (χ0n) is 22.2. The maximum atomic E-state index is 12.9. The molecule has 2 saturated carbocycles. The van der Waals surface area contributed by atoms with Gasteiger partial charge in [0, 0.05) is 63.2 Å². The number of hydrogen-bond donors (Lipinski definition) is 2. The molecule has 3 heterocycles. The molecule has 0 bridgehead atoms. The highest BCUT2D eigenvalue weighted by Crippen LogP contribution is 2.39. The number of pyridine rings is 1. The van der Waals surface area contributed by atoms with Gasteiger partial charge >= 0.3 is 0 Å². The Bertz CT molecular complexity index is 1080. The molecule has 2 aromatic heterocycles. The fourth-order valence-corrected chi connectivity index (χ4v) is 5.68. The maximum absolute atomic E-state index is 12.9. The average Bonchev–Trinajstić information content (AvgIpc) is 2.86. The van der Waals surface area contributed by atoms with E-state index in [0.717, 1.165) is 68.3 Å². The van der Waals surface area contributed by atoms with Gasteiger partial charge in [0.1, 0.15) is 6.10 Å². The van der Waals surface area contributed by atoms with Crippen LogP contribution in [0, 0.1) is 5.92 Å². The van der Waals surface area contributed by atoms with Crippen LogP contribution < -0.4 is 10.1 Å². The number of hydrogen-bond acceptors (Lipinski definition) is 9. The van der Waals surface area contributed by atoms with Crippen molar-refractivity contribution in [3.8, 4) is 5.88 Å². The van der Waals surface area contributed by atoms with E-state index in [1.165, 1.54) is 0 Å². The number of ether oxygens (including phenoxy) is 2. The lowest BCUT2D eigenvalue weighted by molar-refractivity contribution is -0.143. The second-order valence-electron chi connectivity index (χ2n) is 11.0. The van der Waals surface area contributed by atoms with E-state index in [9.17, 15) is 9.90 Å². The van der Waals surface area contributed by atoms with E-state index in [0.29, 0.717) is 37.2 Å². The Morgan fingerprint density at radius 2 is 1.86 bits per heavy atom. The molecule has 3 aliphatic rings. The van der Waals surface area contributed by atoms with Crippen molar-refractivity contribution in [2.45, 2.75) is 69.6 Å². The third kappa shape index (κ3) is 5.97. The maximum Gasteiger partial charge on any atom is 0.226 e. The van der Waals surface area contributed by atoms with Gasteiger partial charge in [-0.3, -0.25) is 4.79 Å². The lowest BCUT2D eigenvalue weighted by Gasteiger charge is -2.40. The molecule has 1 amide bonds. The van der Waals surface area contributed by atoms with Crippen LogP contribution in [-0.4, -0.2) is 101 Å². The number of likely N-dealkylation sites (N-methyl/N-ethyl adjacent to an activating group) is 1. The van der Waals surface area contributed by atoms with E-state index in [1.807, 2.05) is 18.0 Å². The van der Waals surface area contributed by atoms with E-state index in [-0.39, 0.29) is 30.1 Å². The van der Waals surface area contributed by atoms with Gasteiger partial charge in [0.2, 0.25) is 17.7 Å². The molecule has 10 nitrogen and oxygen atoms in total. The third-order valence-corrected chi connectivity index (χ3v) is 8.08. The molecule has 0 spiro atoms. The fourth-order valence-electron chi connectivity index (χ4n) is 5.68. The fraction of sp³-hybridized carbons (Fsp3) is 0.704. The van der Waals surface area contributed by atoms with Crippen molar-refractivity contribution in [2.24, 2.45) is 5.92 Å². The molecule has 37 heavy (non-hydrogen) atoms. The standard InChI is InChI=1S/C27H40N6O4/c1-17(16-36-3)30-27-29-15-23-24(31-27)22(18-4-6-20(34)7-5-18)14-28-25(23)37-21-12-19(13-21)26(35)33-10-8-32(2)9-11-33/h14-15,17-21,34H,4-13,16H2,1-3H3,(H,29,30,31)/t17-,18-,19-,20-,21-/m0/s1. The van der Waals surface area contributed by atoms with Crippen LogP contribution in [0.4, 0.5) is 5.95 Å². The Morgan fingerprint density at radius 1 is 1.14 bits per heavy atom. The molecule has 1 aliphatic heterocycles. The number of aromatic nitrogens is 3. The minimum absolute atomic E-state index is 0.0296. The molecule has 2 N–H and O–H groups in total.